The van der Waals surface area contributed by atoms with E-state index in [-0.39, 0.29) is 12.2 Å². The van der Waals surface area contributed by atoms with E-state index in [1.54, 1.807) is 0 Å². The molecule has 1 atom stereocenters. The molecule has 0 aliphatic carbocycles. The zero-order chi connectivity index (χ0) is 10.1. The lowest BCUT2D eigenvalue weighted by Gasteiger charge is -2.08. The Balaban J connectivity index is 2.87. The molecular weight excluding hydrogens is 198 g/mol. The van der Waals surface area contributed by atoms with Crippen LogP contribution in [0.2, 0.25) is 0 Å². The van der Waals surface area contributed by atoms with Crippen LogP contribution in [0, 0.1) is 0 Å². The summed E-state index contributed by atoms with van der Waals surface area (Å²) in [6.07, 6.45) is -0.161. The lowest BCUT2D eigenvalue weighted by Crippen LogP contribution is -2.42. The van der Waals surface area contributed by atoms with E-state index in [9.17, 15) is 18.0 Å². The van der Waals surface area contributed by atoms with Gasteiger partial charge in [0.2, 0.25) is 5.91 Å². The average Bonchev–Trinajstić information content (AvgIpc) is 2.11. The fraction of sp³-hybridized carbons (Fsp3) is 0.667. The van der Waals surface area contributed by atoms with Gasteiger partial charge in [0, 0.05) is 6.42 Å². The van der Waals surface area contributed by atoms with Crippen LogP contribution in [-0.4, -0.2) is 42.9 Å². The molecule has 1 aliphatic rings. The van der Waals surface area contributed by atoms with Crippen LogP contribution in [-0.2, 0) is 19.4 Å². The molecule has 1 aliphatic heterocycles. The van der Waals surface area contributed by atoms with Crippen molar-refractivity contribution in [2.45, 2.75) is 12.5 Å². The van der Waals surface area contributed by atoms with Crippen molar-refractivity contribution in [1.29, 1.82) is 0 Å². The minimum Gasteiger partial charge on any atom is -0.480 e. The van der Waals surface area contributed by atoms with Gasteiger partial charge in [-0.25, -0.2) is 13.2 Å². The number of carbonyl (C=O) groups is 2. The normalized spacial score (nSPS) is 27.4. The maximum Gasteiger partial charge on any atom is 0.327 e. The van der Waals surface area contributed by atoms with Gasteiger partial charge in [-0.05, 0) is 0 Å². The second-order valence-corrected chi connectivity index (χ2v) is 5.05. The zero-order valence-electron chi connectivity index (χ0n) is 6.69. The molecule has 0 saturated carbocycles. The molecule has 74 valence electrons. The van der Waals surface area contributed by atoms with E-state index in [1.807, 2.05) is 0 Å². The third-order valence-corrected chi connectivity index (χ3v) is 3.36. The van der Waals surface area contributed by atoms with Gasteiger partial charge in [-0.1, -0.05) is 0 Å². The van der Waals surface area contributed by atoms with Crippen LogP contribution in [0.3, 0.4) is 0 Å². The summed E-state index contributed by atoms with van der Waals surface area (Å²) < 4.78 is 22.2. The Morgan fingerprint density at radius 3 is 2.69 bits per heavy atom. The van der Waals surface area contributed by atoms with Crippen LogP contribution in [0.1, 0.15) is 6.42 Å². The van der Waals surface area contributed by atoms with Gasteiger partial charge in [-0.3, -0.25) is 4.79 Å². The monoisotopic (exact) mass is 207 g/mol. The third kappa shape index (κ3) is 2.69. The van der Waals surface area contributed by atoms with Crippen LogP contribution in [0.25, 0.3) is 0 Å². The first-order valence-corrected chi connectivity index (χ1v) is 5.45. The predicted octanol–water partition coefficient (Wildman–Crippen LogP) is -1.63. The van der Waals surface area contributed by atoms with Crippen molar-refractivity contribution >= 4 is 21.7 Å². The number of carboxylic acid groups (broad SMARTS) is 1. The first kappa shape index (κ1) is 9.97. The van der Waals surface area contributed by atoms with E-state index in [4.69, 9.17) is 5.11 Å². The highest BCUT2D eigenvalue weighted by molar-refractivity contribution is 7.91. The fourth-order valence-electron chi connectivity index (χ4n) is 1.03. The molecular formula is C6H9NO5S. The summed E-state index contributed by atoms with van der Waals surface area (Å²) in [5, 5.41) is 10.7. The molecule has 1 unspecified atom stereocenters. The summed E-state index contributed by atoms with van der Waals surface area (Å²) >= 11 is 0. The maximum absolute atomic E-state index is 11.1. The van der Waals surface area contributed by atoms with Gasteiger partial charge in [0.15, 0.2) is 9.84 Å². The molecule has 1 fully saturated rings. The Morgan fingerprint density at radius 1 is 1.54 bits per heavy atom. The number of sulfone groups is 1. The average molecular weight is 207 g/mol. The van der Waals surface area contributed by atoms with E-state index in [0.717, 1.165) is 0 Å². The minimum atomic E-state index is -3.41. The van der Waals surface area contributed by atoms with E-state index in [0.29, 0.717) is 0 Å². The summed E-state index contributed by atoms with van der Waals surface area (Å²) in [6.45, 7) is 0. The lowest BCUT2D eigenvalue weighted by atomic mass is 10.3. The number of amides is 1. The molecule has 0 aromatic carbocycles. The summed E-state index contributed by atoms with van der Waals surface area (Å²) in [6, 6.07) is -1.31. The van der Waals surface area contributed by atoms with Gasteiger partial charge in [0.25, 0.3) is 0 Å². The van der Waals surface area contributed by atoms with Crippen molar-refractivity contribution in [2.24, 2.45) is 0 Å². The van der Waals surface area contributed by atoms with Crippen molar-refractivity contribution in [3.05, 3.63) is 0 Å². The maximum atomic E-state index is 11.1. The molecule has 7 heteroatoms. The smallest absolute Gasteiger partial charge is 0.327 e. The standard InChI is InChI=1S/C6H9NO5S/c8-5-1-2-13(11,12)3-4(7-5)6(9)10/h4H,1-3H2,(H,7,8)(H,9,10). The van der Waals surface area contributed by atoms with Crippen LogP contribution in [0.15, 0.2) is 0 Å². The molecule has 0 spiro atoms. The molecule has 2 N–H and O–H groups in total. The molecule has 13 heavy (non-hydrogen) atoms. The van der Waals surface area contributed by atoms with Crippen molar-refractivity contribution in [2.75, 3.05) is 11.5 Å². The second-order valence-electron chi connectivity index (χ2n) is 2.82. The van der Waals surface area contributed by atoms with E-state index in [1.165, 1.54) is 0 Å². The number of rotatable bonds is 1. The summed E-state index contributed by atoms with van der Waals surface area (Å²) in [5.41, 5.74) is 0. The second kappa shape index (κ2) is 3.33. The van der Waals surface area contributed by atoms with Gasteiger partial charge in [0.05, 0.1) is 11.5 Å². The van der Waals surface area contributed by atoms with Gasteiger partial charge < -0.3 is 10.4 Å². The van der Waals surface area contributed by atoms with Crippen molar-refractivity contribution in [3.8, 4) is 0 Å². The summed E-state index contributed by atoms with van der Waals surface area (Å²) in [7, 11) is -3.41. The van der Waals surface area contributed by atoms with Gasteiger partial charge in [0.1, 0.15) is 6.04 Å². The number of nitrogens with one attached hydrogen (secondary N) is 1. The largest absolute Gasteiger partial charge is 0.480 e. The molecule has 0 bridgehead atoms. The molecule has 0 aromatic heterocycles. The van der Waals surface area contributed by atoms with E-state index in [2.05, 4.69) is 5.32 Å². The lowest BCUT2D eigenvalue weighted by molar-refractivity contribution is -0.140. The van der Waals surface area contributed by atoms with E-state index >= 15 is 0 Å². The van der Waals surface area contributed by atoms with Gasteiger partial charge >= 0.3 is 5.97 Å². The quantitative estimate of drug-likeness (QED) is 0.538. The third-order valence-electron chi connectivity index (χ3n) is 1.69. The van der Waals surface area contributed by atoms with Crippen molar-refractivity contribution < 1.29 is 23.1 Å². The zero-order valence-corrected chi connectivity index (χ0v) is 7.50. The van der Waals surface area contributed by atoms with Gasteiger partial charge in [-0.15, -0.1) is 0 Å². The number of hydrogen-bond acceptors (Lipinski definition) is 4. The Kier molecular flexibility index (Phi) is 2.55. The molecule has 1 saturated heterocycles. The highest BCUT2D eigenvalue weighted by Crippen LogP contribution is 2.03. The minimum absolute atomic E-state index is 0.161. The van der Waals surface area contributed by atoms with E-state index < -0.39 is 33.5 Å². The highest BCUT2D eigenvalue weighted by atomic mass is 32.2. The number of carbonyl (C=O) groups excluding carboxylic acids is 1. The molecule has 1 rings (SSSR count). The van der Waals surface area contributed by atoms with Crippen molar-refractivity contribution in [1.82, 2.24) is 5.32 Å². The van der Waals surface area contributed by atoms with Gasteiger partial charge in [-0.2, -0.15) is 0 Å². The topological polar surface area (TPSA) is 101 Å². The first-order valence-electron chi connectivity index (χ1n) is 3.63. The van der Waals surface area contributed by atoms with Crippen LogP contribution >= 0.6 is 0 Å². The molecule has 1 amide bonds. The summed E-state index contributed by atoms with van der Waals surface area (Å²) in [5.74, 6) is -2.65. The number of aliphatic carboxylic acids is 1. The van der Waals surface area contributed by atoms with Crippen LogP contribution in [0.5, 0.6) is 0 Å². The molecule has 0 radical (unpaired) electrons. The number of carboxylic acids is 1. The SMILES string of the molecule is O=C1CCS(=O)(=O)CC(C(=O)O)N1. The first-order chi connectivity index (χ1) is 5.91. The molecule has 0 aromatic rings. The van der Waals surface area contributed by atoms with Crippen LogP contribution < -0.4 is 5.32 Å². The molecule has 6 nitrogen and oxygen atoms in total. The molecule has 1 heterocycles. The predicted molar refractivity (Wildman–Crippen MR) is 42.8 cm³/mol. The Hall–Kier alpha value is -1.11. The summed E-state index contributed by atoms with van der Waals surface area (Å²) in [4.78, 5) is 21.3. The Morgan fingerprint density at radius 2 is 2.15 bits per heavy atom. The highest BCUT2D eigenvalue weighted by Gasteiger charge is 2.30. The Bertz CT molecular complexity index is 333. The Labute approximate surface area is 74.9 Å². The fourth-order valence-corrected chi connectivity index (χ4v) is 2.42. The van der Waals surface area contributed by atoms with Crippen LogP contribution in [0.4, 0.5) is 0 Å². The number of hydrogen-bond donors (Lipinski definition) is 2. The van der Waals surface area contributed by atoms with Crippen molar-refractivity contribution in [3.63, 3.8) is 0 Å².